The van der Waals surface area contributed by atoms with Crippen LogP contribution in [0.25, 0.3) is 0 Å². The van der Waals surface area contributed by atoms with Gasteiger partial charge in [-0.05, 0) is 30.5 Å². The number of benzene rings is 1. The fourth-order valence-electron chi connectivity index (χ4n) is 1.65. The van der Waals surface area contributed by atoms with E-state index in [1.165, 1.54) is 5.54 Å². The Morgan fingerprint density at radius 1 is 1.45 bits per heavy atom. The molecule has 1 aromatic carbocycles. The first kappa shape index (κ1) is 17.4. The third kappa shape index (κ3) is 5.06. The summed E-state index contributed by atoms with van der Waals surface area (Å²) < 4.78 is 10.8. The van der Waals surface area contributed by atoms with Crippen molar-refractivity contribution in [1.82, 2.24) is 0 Å². The van der Waals surface area contributed by atoms with Crippen LogP contribution in [0.15, 0.2) is 22.7 Å². The Balaban J connectivity index is 2.95. The highest BCUT2D eigenvalue weighted by Crippen LogP contribution is 2.37. The highest BCUT2D eigenvalue weighted by Gasteiger charge is 2.13. The molecule has 20 heavy (non-hydrogen) atoms. The Kier molecular flexibility index (Phi) is 7.52. The fraction of sp³-hybridized carbons (Fsp3) is 0.429. The standard InChI is InChI=1S/C14H18Cl3NO2/c1-3-11(18)4-9-5-12(17)14(13(6-9)19-2)20-8-10(16)7-15/h5-7,11H,3-4,8,18H2,1-2H3. The van der Waals surface area contributed by atoms with Gasteiger partial charge in [-0.15, -0.1) is 0 Å². The first-order valence-corrected chi connectivity index (χ1v) is 7.40. The molecule has 1 rings (SSSR count). The fourth-order valence-corrected chi connectivity index (χ4v) is 2.06. The summed E-state index contributed by atoms with van der Waals surface area (Å²) in [6.45, 7) is 2.18. The minimum atomic E-state index is 0.0937. The van der Waals surface area contributed by atoms with E-state index in [0.29, 0.717) is 21.6 Å². The van der Waals surface area contributed by atoms with Crippen LogP contribution in [-0.4, -0.2) is 19.8 Å². The molecule has 0 aliphatic carbocycles. The average molecular weight is 339 g/mol. The van der Waals surface area contributed by atoms with Gasteiger partial charge in [0.1, 0.15) is 6.61 Å². The summed E-state index contributed by atoms with van der Waals surface area (Å²) in [4.78, 5) is 0. The molecule has 1 atom stereocenters. The van der Waals surface area contributed by atoms with Crippen LogP contribution in [-0.2, 0) is 6.42 Å². The zero-order chi connectivity index (χ0) is 15.1. The number of hydrogen-bond donors (Lipinski definition) is 1. The van der Waals surface area contributed by atoms with E-state index in [1.807, 2.05) is 19.1 Å². The molecule has 0 fully saturated rings. The van der Waals surface area contributed by atoms with Gasteiger partial charge < -0.3 is 15.2 Å². The molecular formula is C14H18Cl3NO2. The molecule has 0 bridgehead atoms. The number of hydrogen-bond acceptors (Lipinski definition) is 3. The van der Waals surface area contributed by atoms with Gasteiger partial charge in [0, 0.05) is 11.6 Å². The normalized spacial score (nSPS) is 13.2. The van der Waals surface area contributed by atoms with E-state index in [9.17, 15) is 0 Å². The van der Waals surface area contributed by atoms with Gasteiger partial charge in [0.2, 0.25) is 0 Å². The van der Waals surface area contributed by atoms with Crippen LogP contribution in [0, 0.1) is 0 Å². The first-order chi connectivity index (χ1) is 9.51. The van der Waals surface area contributed by atoms with Gasteiger partial charge in [-0.1, -0.05) is 41.7 Å². The Morgan fingerprint density at radius 2 is 2.15 bits per heavy atom. The van der Waals surface area contributed by atoms with E-state index in [2.05, 4.69) is 0 Å². The van der Waals surface area contributed by atoms with Crippen molar-refractivity contribution in [3.63, 3.8) is 0 Å². The molecule has 1 aromatic rings. The minimum absolute atomic E-state index is 0.0937. The Morgan fingerprint density at radius 3 is 2.70 bits per heavy atom. The number of halogens is 3. The topological polar surface area (TPSA) is 44.5 Å². The second kappa shape index (κ2) is 8.63. The van der Waals surface area contributed by atoms with Crippen molar-refractivity contribution in [1.29, 1.82) is 0 Å². The van der Waals surface area contributed by atoms with Crippen molar-refractivity contribution < 1.29 is 9.47 Å². The summed E-state index contributed by atoms with van der Waals surface area (Å²) in [5.41, 5.74) is 8.20. The van der Waals surface area contributed by atoms with Crippen LogP contribution >= 0.6 is 34.8 Å². The Bertz CT molecular complexity index is 478. The largest absolute Gasteiger partial charge is 0.493 e. The highest BCUT2D eigenvalue weighted by atomic mass is 35.5. The quantitative estimate of drug-likeness (QED) is 0.805. The molecule has 0 radical (unpaired) electrons. The molecule has 0 aliphatic rings. The third-order valence-corrected chi connectivity index (χ3v) is 3.66. The second-order valence-electron chi connectivity index (χ2n) is 4.33. The molecule has 0 amide bonds. The van der Waals surface area contributed by atoms with Gasteiger partial charge >= 0.3 is 0 Å². The smallest absolute Gasteiger partial charge is 0.180 e. The average Bonchev–Trinajstić information content (AvgIpc) is 2.44. The molecule has 0 aromatic heterocycles. The molecular weight excluding hydrogens is 321 g/mol. The molecule has 0 heterocycles. The van der Waals surface area contributed by atoms with Crippen molar-refractivity contribution in [2.24, 2.45) is 5.73 Å². The molecule has 0 saturated carbocycles. The highest BCUT2D eigenvalue weighted by molar-refractivity contribution is 6.36. The van der Waals surface area contributed by atoms with E-state index in [4.69, 9.17) is 50.0 Å². The van der Waals surface area contributed by atoms with Crippen molar-refractivity contribution in [2.75, 3.05) is 13.7 Å². The minimum Gasteiger partial charge on any atom is -0.493 e. The maximum Gasteiger partial charge on any atom is 0.180 e. The van der Waals surface area contributed by atoms with E-state index >= 15 is 0 Å². The Hall–Kier alpha value is -0.610. The van der Waals surface area contributed by atoms with E-state index < -0.39 is 0 Å². The molecule has 3 nitrogen and oxygen atoms in total. The van der Waals surface area contributed by atoms with Crippen LogP contribution in [0.3, 0.4) is 0 Å². The summed E-state index contributed by atoms with van der Waals surface area (Å²) >= 11 is 17.5. The second-order valence-corrected chi connectivity index (χ2v) is 5.44. The number of rotatable bonds is 7. The third-order valence-electron chi connectivity index (χ3n) is 2.78. The summed E-state index contributed by atoms with van der Waals surface area (Å²) in [5, 5.41) is 0.837. The van der Waals surface area contributed by atoms with Crippen LogP contribution < -0.4 is 15.2 Å². The van der Waals surface area contributed by atoms with Gasteiger partial charge in [-0.25, -0.2) is 0 Å². The predicted octanol–water partition coefficient (Wildman–Crippen LogP) is 4.33. The molecule has 0 aliphatic heterocycles. The zero-order valence-corrected chi connectivity index (χ0v) is 13.7. The maximum absolute atomic E-state index is 6.23. The lowest BCUT2D eigenvalue weighted by molar-refractivity contribution is 0.324. The first-order valence-electron chi connectivity index (χ1n) is 6.21. The summed E-state index contributed by atoms with van der Waals surface area (Å²) in [6, 6.07) is 3.79. The van der Waals surface area contributed by atoms with Gasteiger partial charge in [-0.3, -0.25) is 0 Å². The molecule has 0 saturated heterocycles. The summed E-state index contributed by atoms with van der Waals surface area (Å²) in [7, 11) is 1.56. The van der Waals surface area contributed by atoms with E-state index in [-0.39, 0.29) is 12.6 Å². The van der Waals surface area contributed by atoms with Crippen molar-refractivity contribution in [3.8, 4) is 11.5 Å². The lowest BCUT2D eigenvalue weighted by Gasteiger charge is -2.15. The maximum atomic E-state index is 6.23. The van der Waals surface area contributed by atoms with Gasteiger partial charge in [0.15, 0.2) is 11.5 Å². The number of methoxy groups -OCH3 is 1. The molecule has 2 N–H and O–H groups in total. The lowest BCUT2D eigenvalue weighted by Crippen LogP contribution is -2.21. The SMILES string of the molecule is CCC(N)Cc1cc(Cl)c(OCC(Cl)=CCl)c(OC)c1. The van der Waals surface area contributed by atoms with Gasteiger partial charge in [-0.2, -0.15) is 0 Å². The Labute approximate surface area is 134 Å². The van der Waals surface area contributed by atoms with Gasteiger partial charge in [0.05, 0.1) is 17.2 Å². The van der Waals surface area contributed by atoms with E-state index in [0.717, 1.165) is 18.4 Å². The molecule has 1 unspecified atom stereocenters. The number of nitrogens with two attached hydrogens (primary N) is 1. The van der Waals surface area contributed by atoms with Crippen molar-refractivity contribution in [2.45, 2.75) is 25.8 Å². The monoisotopic (exact) mass is 337 g/mol. The predicted molar refractivity (Wildman–Crippen MR) is 85.3 cm³/mol. The zero-order valence-electron chi connectivity index (χ0n) is 11.5. The molecule has 0 spiro atoms. The van der Waals surface area contributed by atoms with Crippen LogP contribution in [0.2, 0.25) is 5.02 Å². The summed E-state index contributed by atoms with van der Waals surface area (Å²) in [5.74, 6) is 0.995. The van der Waals surface area contributed by atoms with Crippen LogP contribution in [0.5, 0.6) is 11.5 Å². The molecule has 6 heteroatoms. The molecule has 112 valence electrons. The van der Waals surface area contributed by atoms with Crippen molar-refractivity contribution in [3.05, 3.63) is 33.3 Å². The van der Waals surface area contributed by atoms with E-state index in [1.54, 1.807) is 7.11 Å². The number of ether oxygens (including phenoxy) is 2. The van der Waals surface area contributed by atoms with Crippen LogP contribution in [0.1, 0.15) is 18.9 Å². The summed E-state index contributed by atoms with van der Waals surface area (Å²) in [6.07, 6.45) is 1.63. The van der Waals surface area contributed by atoms with Crippen molar-refractivity contribution >= 4 is 34.8 Å². The van der Waals surface area contributed by atoms with Crippen LogP contribution in [0.4, 0.5) is 0 Å². The van der Waals surface area contributed by atoms with Gasteiger partial charge in [0.25, 0.3) is 0 Å². The lowest BCUT2D eigenvalue weighted by atomic mass is 10.0.